The maximum atomic E-state index is 10.3. The van der Waals surface area contributed by atoms with Crippen LogP contribution in [0.3, 0.4) is 0 Å². The van der Waals surface area contributed by atoms with Crippen molar-refractivity contribution >= 4 is 17.7 Å². The van der Waals surface area contributed by atoms with Crippen molar-refractivity contribution in [3.63, 3.8) is 0 Å². The van der Waals surface area contributed by atoms with Gasteiger partial charge in [0, 0.05) is 19.5 Å². The maximum Gasteiger partial charge on any atom is 0.305 e. The SMILES string of the molecule is C=CN(CC)CCCSCC.COC(=O)CCCN. The molecule has 0 aliphatic rings. The number of hydrogen-bond acceptors (Lipinski definition) is 5. The molecule has 0 aliphatic heterocycles. The van der Waals surface area contributed by atoms with Crippen LogP contribution in [0.25, 0.3) is 0 Å². The molecule has 0 aliphatic carbocycles. The smallest absolute Gasteiger partial charge is 0.305 e. The quantitative estimate of drug-likeness (QED) is 0.495. The minimum atomic E-state index is -0.185. The highest BCUT2D eigenvalue weighted by Gasteiger charge is 1.95. The maximum absolute atomic E-state index is 10.3. The predicted octanol–water partition coefficient (Wildman–Crippen LogP) is 2.49. The number of esters is 1. The first kappa shape index (κ1) is 20.6. The fourth-order valence-corrected chi connectivity index (χ4v) is 1.86. The summed E-state index contributed by atoms with van der Waals surface area (Å²) in [4.78, 5) is 12.5. The predicted molar refractivity (Wildman–Crippen MR) is 85.4 cm³/mol. The molecule has 0 saturated carbocycles. The molecule has 0 bridgehead atoms. The molecular weight excluding hydrogens is 260 g/mol. The number of nitrogens with zero attached hydrogens (tertiary/aromatic N) is 1. The third-order valence-electron chi connectivity index (χ3n) is 2.42. The van der Waals surface area contributed by atoms with E-state index >= 15 is 0 Å². The minimum Gasteiger partial charge on any atom is -0.469 e. The van der Waals surface area contributed by atoms with Gasteiger partial charge in [-0.1, -0.05) is 13.5 Å². The van der Waals surface area contributed by atoms with Gasteiger partial charge in [0.15, 0.2) is 0 Å². The number of thioether (sulfide) groups is 1. The summed E-state index contributed by atoms with van der Waals surface area (Å²) in [6.45, 7) is 10.9. The van der Waals surface area contributed by atoms with Crippen molar-refractivity contribution in [1.29, 1.82) is 0 Å². The summed E-state index contributed by atoms with van der Waals surface area (Å²) in [7, 11) is 1.37. The second kappa shape index (κ2) is 17.3. The summed E-state index contributed by atoms with van der Waals surface area (Å²) in [5.41, 5.74) is 5.12. The Balaban J connectivity index is 0. The van der Waals surface area contributed by atoms with Gasteiger partial charge in [-0.25, -0.2) is 0 Å². The van der Waals surface area contributed by atoms with Crippen LogP contribution in [-0.4, -0.2) is 49.1 Å². The van der Waals surface area contributed by atoms with E-state index in [1.54, 1.807) is 0 Å². The Morgan fingerprint density at radius 3 is 2.53 bits per heavy atom. The van der Waals surface area contributed by atoms with Crippen LogP contribution in [0.15, 0.2) is 12.8 Å². The molecule has 0 saturated heterocycles. The largest absolute Gasteiger partial charge is 0.469 e. The van der Waals surface area contributed by atoms with Crippen molar-refractivity contribution in [2.24, 2.45) is 5.73 Å². The van der Waals surface area contributed by atoms with Crippen LogP contribution in [0.4, 0.5) is 0 Å². The summed E-state index contributed by atoms with van der Waals surface area (Å²) < 4.78 is 4.36. The van der Waals surface area contributed by atoms with Crippen molar-refractivity contribution in [1.82, 2.24) is 4.90 Å². The van der Waals surface area contributed by atoms with E-state index in [1.807, 2.05) is 18.0 Å². The first-order valence-electron chi connectivity index (χ1n) is 6.87. The molecule has 0 rings (SSSR count). The number of methoxy groups -OCH3 is 1. The fourth-order valence-electron chi connectivity index (χ4n) is 1.24. The van der Waals surface area contributed by atoms with Gasteiger partial charge in [-0.15, -0.1) is 0 Å². The molecule has 0 atom stereocenters. The second-order valence-corrected chi connectivity index (χ2v) is 5.22. The van der Waals surface area contributed by atoms with E-state index in [1.165, 1.54) is 25.0 Å². The zero-order chi connectivity index (χ0) is 14.9. The van der Waals surface area contributed by atoms with E-state index < -0.39 is 0 Å². The summed E-state index contributed by atoms with van der Waals surface area (Å²) in [5.74, 6) is 2.33. The molecule has 5 heteroatoms. The van der Waals surface area contributed by atoms with Gasteiger partial charge < -0.3 is 15.4 Å². The monoisotopic (exact) mass is 290 g/mol. The van der Waals surface area contributed by atoms with Crippen molar-refractivity contribution < 1.29 is 9.53 Å². The van der Waals surface area contributed by atoms with Gasteiger partial charge >= 0.3 is 5.97 Å². The lowest BCUT2D eigenvalue weighted by molar-refractivity contribution is -0.140. The number of nitrogens with two attached hydrogens (primary N) is 1. The highest BCUT2D eigenvalue weighted by molar-refractivity contribution is 7.99. The molecule has 0 spiro atoms. The molecule has 0 aromatic rings. The topological polar surface area (TPSA) is 55.6 Å². The highest BCUT2D eigenvalue weighted by atomic mass is 32.2. The summed E-state index contributed by atoms with van der Waals surface area (Å²) >= 11 is 2.01. The van der Waals surface area contributed by atoms with E-state index in [0.717, 1.165) is 13.1 Å². The average molecular weight is 290 g/mol. The van der Waals surface area contributed by atoms with Crippen LogP contribution in [0, 0.1) is 0 Å². The lowest BCUT2D eigenvalue weighted by atomic mass is 10.3. The van der Waals surface area contributed by atoms with Gasteiger partial charge in [-0.05, 0) is 44.0 Å². The standard InChI is InChI=1S/C9H19NS.C5H11NO2/c1-4-10(5-2)8-7-9-11-6-3;1-8-5(7)3-2-4-6/h4H,1,5-9H2,2-3H3;2-4,6H2,1H3. The Hall–Kier alpha value is -0.680. The molecule has 0 aromatic carbocycles. The van der Waals surface area contributed by atoms with Crippen molar-refractivity contribution in [3.8, 4) is 0 Å². The highest BCUT2D eigenvalue weighted by Crippen LogP contribution is 2.02. The van der Waals surface area contributed by atoms with Crippen molar-refractivity contribution in [2.75, 3.05) is 38.2 Å². The Labute approximate surface area is 122 Å². The molecule has 0 unspecified atom stereocenters. The van der Waals surface area contributed by atoms with E-state index in [2.05, 4.69) is 30.1 Å². The lowest BCUT2D eigenvalue weighted by Gasteiger charge is -2.16. The first-order chi connectivity index (χ1) is 9.15. The normalized spacial score (nSPS) is 9.26. The van der Waals surface area contributed by atoms with E-state index in [0.29, 0.717) is 19.4 Å². The van der Waals surface area contributed by atoms with Crippen LogP contribution >= 0.6 is 11.8 Å². The second-order valence-electron chi connectivity index (χ2n) is 3.83. The summed E-state index contributed by atoms with van der Waals surface area (Å²) in [6, 6.07) is 0. The van der Waals surface area contributed by atoms with E-state index in [4.69, 9.17) is 5.73 Å². The van der Waals surface area contributed by atoms with Gasteiger partial charge in [0.1, 0.15) is 0 Å². The van der Waals surface area contributed by atoms with Crippen LogP contribution < -0.4 is 5.73 Å². The van der Waals surface area contributed by atoms with Crippen LogP contribution in [-0.2, 0) is 9.53 Å². The van der Waals surface area contributed by atoms with Gasteiger partial charge in [0.05, 0.1) is 7.11 Å². The van der Waals surface area contributed by atoms with Crippen LogP contribution in [0.1, 0.15) is 33.1 Å². The number of rotatable bonds is 10. The van der Waals surface area contributed by atoms with Gasteiger partial charge in [0.25, 0.3) is 0 Å². The van der Waals surface area contributed by atoms with E-state index in [-0.39, 0.29) is 5.97 Å². The van der Waals surface area contributed by atoms with Crippen LogP contribution in [0.5, 0.6) is 0 Å². The molecule has 114 valence electrons. The third-order valence-corrected chi connectivity index (χ3v) is 3.40. The lowest BCUT2D eigenvalue weighted by Crippen LogP contribution is -2.17. The van der Waals surface area contributed by atoms with Gasteiger partial charge in [0.2, 0.25) is 0 Å². The molecule has 0 amide bonds. The Morgan fingerprint density at radius 2 is 2.11 bits per heavy atom. The first-order valence-corrected chi connectivity index (χ1v) is 8.02. The number of carbonyl (C=O) groups excluding carboxylic acids is 1. The molecule has 19 heavy (non-hydrogen) atoms. The van der Waals surface area contributed by atoms with Crippen molar-refractivity contribution in [2.45, 2.75) is 33.1 Å². The Kier molecular flexibility index (Phi) is 18.8. The molecule has 0 heterocycles. The molecular formula is C14H30N2O2S. The van der Waals surface area contributed by atoms with Gasteiger partial charge in [-0.2, -0.15) is 11.8 Å². The zero-order valence-electron chi connectivity index (χ0n) is 12.7. The number of carbonyl (C=O) groups is 1. The molecule has 4 nitrogen and oxygen atoms in total. The molecule has 0 aromatic heterocycles. The fraction of sp³-hybridized carbons (Fsp3) is 0.786. The van der Waals surface area contributed by atoms with Gasteiger partial charge in [-0.3, -0.25) is 4.79 Å². The van der Waals surface area contributed by atoms with E-state index in [9.17, 15) is 4.79 Å². The Bertz CT molecular complexity index is 214. The third kappa shape index (κ3) is 17.3. The summed E-state index contributed by atoms with van der Waals surface area (Å²) in [5, 5.41) is 0. The van der Waals surface area contributed by atoms with Crippen molar-refractivity contribution in [3.05, 3.63) is 12.8 Å². The zero-order valence-corrected chi connectivity index (χ0v) is 13.5. The number of hydrogen-bond donors (Lipinski definition) is 1. The Morgan fingerprint density at radius 1 is 1.42 bits per heavy atom. The minimum absolute atomic E-state index is 0.185. The molecule has 0 radical (unpaired) electrons. The molecule has 0 fully saturated rings. The number of ether oxygens (including phenoxy) is 1. The summed E-state index contributed by atoms with van der Waals surface area (Å²) in [6.07, 6.45) is 4.36. The molecule has 2 N–H and O–H groups in total. The average Bonchev–Trinajstić information content (AvgIpc) is 2.45. The van der Waals surface area contributed by atoms with Crippen LogP contribution in [0.2, 0.25) is 0 Å².